The van der Waals surface area contributed by atoms with Gasteiger partial charge in [0.1, 0.15) is 0 Å². The van der Waals surface area contributed by atoms with Crippen molar-refractivity contribution in [3.8, 4) is 0 Å². The van der Waals surface area contributed by atoms with Crippen molar-refractivity contribution in [2.45, 2.75) is 45.7 Å². The molecule has 0 spiro atoms. The van der Waals surface area contributed by atoms with Crippen molar-refractivity contribution in [1.29, 1.82) is 0 Å². The topological polar surface area (TPSA) is 29.9 Å². The normalized spacial score (nSPS) is 16.8. The zero-order chi connectivity index (χ0) is 11.9. The molecule has 1 fully saturated rings. The zero-order valence-corrected chi connectivity index (χ0v) is 12.1. The van der Waals surface area contributed by atoms with Crippen LogP contribution in [0.3, 0.4) is 0 Å². The van der Waals surface area contributed by atoms with E-state index in [1.54, 1.807) is 0 Å². The van der Waals surface area contributed by atoms with Gasteiger partial charge in [0.05, 0.1) is 15.9 Å². The van der Waals surface area contributed by atoms with Crippen LogP contribution in [0.5, 0.6) is 0 Å². The molecule has 1 N–H and O–H groups in total. The van der Waals surface area contributed by atoms with Crippen LogP contribution in [-0.4, -0.2) is 15.3 Å². The number of nitrogens with zero attached hydrogens (tertiary/aromatic N) is 2. The van der Waals surface area contributed by atoms with E-state index in [-0.39, 0.29) is 5.54 Å². The Morgan fingerprint density at radius 2 is 2.12 bits per heavy atom. The summed E-state index contributed by atoms with van der Waals surface area (Å²) < 4.78 is 3.09. The molecular formula is C12H20BrN3. The van der Waals surface area contributed by atoms with Crippen LogP contribution in [0.2, 0.25) is 0 Å². The lowest BCUT2D eigenvalue weighted by atomic mass is 9.99. The number of hydrogen-bond acceptors (Lipinski definition) is 2. The van der Waals surface area contributed by atoms with E-state index in [4.69, 9.17) is 0 Å². The molecule has 0 amide bonds. The van der Waals surface area contributed by atoms with Crippen molar-refractivity contribution >= 4 is 15.9 Å². The molecule has 0 aromatic carbocycles. The molecule has 3 nitrogen and oxygen atoms in total. The fraction of sp³-hybridized carbons (Fsp3) is 0.750. The van der Waals surface area contributed by atoms with Crippen LogP contribution in [0.15, 0.2) is 4.47 Å². The Bertz CT molecular complexity index is 391. The molecule has 0 saturated heterocycles. The smallest absolute Gasteiger partial charge is 0.0739 e. The fourth-order valence-corrected chi connectivity index (χ4v) is 2.61. The minimum Gasteiger partial charge on any atom is -0.306 e. The maximum Gasteiger partial charge on any atom is 0.0739 e. The van der Waals surface area contributed by atoms with Crippen molar-refractivity contribution in [2.24, 2.45) is 13.0 Å². The molecule has 1 aromatic rings. The van der Waals surface area contributed by atoms with Crippen LogP contribution in [0.25, 0.3) is 0 Å². The second-order valence-corrected chi connectivity index (χ2v) is 6.11. The summed E-state index contributed by atoms with van der Waals surface area (Å²) in [5.74, 6) is 0.848. The van der Waals surface area contributed by atoms with Gasteiger partial charge < -0.3 is 5.32 Å². The van der Waals surface area contributed by atoms with Crippen LogP contribution in [0.4, 0.5) is 0 Å². The summed E-state index contributed by atoms with van der Waals surface area (Å²) in [6.07, 6.45) is 2.73. The van der Waals surface area contributed by atoms with Crippen LogP contribution in [-0.2, 0) is 13.6 Å². The molecule has 0 atom stereocenters. The van der Waals surface area contributed by atoms with Crippen molar-refractivity contribution in [2.75, 3.05) is 0 Å². The third-order valence-corrected chi connectivity index (χ3v) is 4.60. The van der Waals surface area contributed by atoms with Gasteiger partial charge in [0, 0.05) is 19.1 Å². The zero-order valence-electron chi connectivity index (χ0n) is 10.5. The summed E-state index contributed by atoms with van der Waals surface area (Å²) in [5.41, 5.74) is 2.53. The highest BCUT2D eigenvalue weighted by Gasteiger charge is 2.37. The predicted octanol–water partition coefficient (Wildman–Crippen LogP) is 2.77. The van der Waals surface area contributed by atoms with Crippen molar-refractivity contribution in [1.82, 2.24) is 15.1 Å². The lowest BCUT2D eigenvalue weighted by Gasteiger charge is -2.26. The minimum absolute atomic E-state index is 0.248. The standard InChI is InChI=1S/C12H20BrN3/c1-8-11(13)10(16(4)15-8)7-14-12(2,3)9-5-6-9/h9,14H,5-7H2,1-4H3. The Labute approximate surface area is 106 Å². The van der Waals surface area contributed by atoms with Gasteiger partial charge in [-0.1, -0.05) is 0 Å². The van der Waals surface area contributed by atoms with Gasteiger partial charge in [-0.15, -0.1) is 0 Å². The molecule has 1 saturated carbocycles. The van der Waals surface area contributed by atoms with E-state index in [1.807, 2.05) is 18.7 Å². The average molecular weight is 286 g/mol. The molecule has 16 heavy (non-hydrogen) atoms. The molecule has 0 aliphatic heterocycles. The highest BCUT2D eigenvalue weighted by molar-refractivity contribution is 9.10. The quantitative estimate of drug-likeness (QED) is 0.922. The van der Waals surface area contributed by atoms with E-state index >= 15 is 0 Å². The van der Waals surface area contributed by atoms with Gasteiger partial charge in [-0.25, -0.2) is 0 Å². The third-order valence-electron chi connectivity index (χ3n) is 3.57. The number of aromatic nitrogens is 2. The maximum atomic E-state index is 4.40. The highest BCUT2D eigenvalue weighted by Crippen LogP contribution is 2.39. The first kappa shape index (κ1) is 12.1. The van der Waals surface area contributed by atoms with Crippen LogP contribution in [0.1, 0.15) is 38.1 Å². The van der Waals surface area contributed by atoms with Crippen LogP contribution < -0.4 is 5.32 Å². The lowest BCUT2D eigenvalue weighted by molar-refractivity contribution is 0.335. The molecule has 0 bridgehead atoms. The van der Waals surface area contributed by atoms with Crippen molar-refractivity contribution in [3.63, 3.8) is 0 Å². The monoisotopic (exact) mass is 285 g/mol. The first-order valence-electron chi connectivity index (χ1n) is 5.85. The number of nitrogens with one attached hydrogen (secondary N) is 1. The minimum atomic E-state index is 0.248. The molecule has 1 aromatic heterocycles. The van der Waals surface area contributed by atoms with Crippen LogP contribution >= 0.6 is 15.9 Å². The molecule has 1 heterocycles. The summed E-state index contributed by atoms with van der Waals surface area (Å²) in [6, 6.07) is 0. The van der Waals surface area contributed by atoms with Gasteiger partial charge in [-0.2, -0.15) is 5.10 Å². The van der Waals surface area contributed by atoms with Gasteiger partial charge in [-0.3, -0.25) is 4.68 Å². The molecular weight excluding hydrogens is 266 g/mol. The van der Waals surface area contributed by atoms with E-state index in [2.05, 4.69) is 40.2 Å². The van der Waals surface area contributed by atoms with Crippen LogP contribution in [0, 0.1) is 12.8 Å². The number of halogens is 1. The van der Waals surface area contributed by atoms with E-state index in [0.717, 1.165) is 22.6 Å². The van der Waals surface area contributed by atoms with Crippen molar-refractivity contribution in [3.05, 3.63) is 15.9 Å². The van der Waals surface area contributed by atoms with Gasteiger partial charge >= 0.3 is 0 Å². The number of hydrogen-bond donors (Lipinski definition) is 1. The summed E-state index contributed by atoms with van der Waals surface area (Å²) in [5, 5.41) is 8.04. The van der Waals surface area contributed by atoms with E-state index in [1.165, 1.54) is 18.5 Å². The average Bonchev–Trinajstić information content (AvgIpc) is 2.97. The predicted molar refractivity (Wildman–Crippen MR) is 69.3 cm³/mol. The van der Waals surface area contributed by atoms with Gasteiger partial charge in [0.25, 0.3) is 0 Å². The van der Waals surface area contributed by atoms with Crippen molar-refractivity contribution < 1.29 is 0 Å². The Kier molecular flexibility index (Phi) is 3.14. The SMILES string of the molecule is Cc1nn(C)c(CNC(C)(C)C2CC2)c1Br. The second kappa shape index (κ2) is 4.15. The Balaban J connectivity index is 2.04. The summed E-state index contributed by atoms with van der Waals surface area (Å²) in [7, 11) is 2.00. The molecule has 1 aliphatic carbocycles. The number of aryl methyl sites for hydroxylation is 2. The first-order valence-corrected chi connectivity index (χ1v) is 6.64. The Hall–Kier alpha value is -0.350. The molecule has 0 unspecified atom stereocenters. The maximum absolute atomic E-state index is 4.40. The van der Waals surface area contributed by atoms with Gasteiger partial charge in [0.2, 0.25) is 0 Å². The summed E-state index contributed by atoms with van der Waals surface area (Å²) in [6.45, 7) is 7.49. The van der Waals surface area contributed by atoms with E-state index in [0.29, 0.717) is 0 Å². The molecule has 4 heteroatoms. The molecule has 90 valence electrons. The largest absolute Gasteiger partial charge is 0.306 e. The van der Waals surface area contributed by atoms with Gasteiger partial charge in [-0.05, 0) is 55.5 Å². The van der Waals surface area contributed by atoms with E-state index in [9.17, 15) is 0 Å². The Morgan fingerprint density at radius 1 is 1.50 bits per heavy atom. The molecule has 0 radical (unpaired) electrons. The summed E-state index contributed by atoms with van der Waals surface area (Å²) >= 11 is 3.60. The van der Waals surface area contributed by atoms with Gasteiger partial charge in [0.15, 0.2) is 0 Å². The lowest BCUT2D eigenvalue weighted by Crippen LogP contribution is -2.41. The highest BCUT2D eigenvalue weighted by atomic mass is 79.9. The fourth-order valence-electron chi connectivity index (χ4n) is 2.13. The number of rotatable bonds is 4. The Morgan fingerprint density at radius 3 is 2.56 bits per heavy atom. The molecule has 2 rings (SSSR count). The summed E-state index contributed by atoms with van der Waals surface area (Å²) in [4.78, 5) is 0. The van der Waals surface area contributed by atoms with E-state index < -0.39 is 0 Å². The molecule has 1 aliphatic rings. The first-order chi connectivity index (χ1) is 7.42. The second-order valence-electron chi connectivity index (χ2n) is 5.32. The third kappa shape index (κ3) is 2.33.